The van der Waals surface area contributed by atoms with Crippen LogP contribution >= 0.6 is 0 Å². The summed E-state index contributed by atoms with van der Waals surface area (Å²) in [5, 5.41) is 5.36. The van der Waals surface area contributed by atoms with E-state index in [1.165, 1.54) is 104 Å². The van der Waals surface area contributed by atoms with Crippen molar-refractivity contribution in [1.29, 1.82) is 0 Å². The average molecular weight is 1450 g/mol. The first-order valence-electron chi connectivity index (χ1n) is 35.2. The zero-order chi connectivity index (χ0) is 68.4. The largest absolute Gasteiger partial charge is 1.00 e. The third-order valence-corrected chi connectivity index (χ3v) is 27.7. The van der Waals surface area contributed by atoms with Gasteiger partial charge in [-0.2, -0.15) is 0 Å². The van der Waals surface area contributed by atoms with Crippen LogP contribution in [0.4, 0.5) is 0 Å². The zero-order valence-electron chi connectivity index (χ0n) is 58.5. The van der Waals surface area contributed by atoms with E-state index in [2.05, 4.69) is 430 Å². The van der Waals surface area contributed by atoms with Crippen molar-refractivity contribution >= 4 is 23.6 Å². The van der Waals surface area contributed by atoms with Gasteiger partial charge in [0.1, 0.15) is 0 Å². The van der Waals surface area contributed by atoms with Crippen LogP contribution < -0.4 is 52.8 Å². The predicted molar refractivity (Wildman–Crippen MR) is 429 cm³/mol. The molecule has 0 spiro atoms. The minimum atomic E-state index is -4.47. The number of halogens is 3. The summed E-state index contributed by atoms with van der Waals surface area (Å²) in [5.74, 6) is 0. The summed E-state index contributed by atoms with van der Waals surface area (Å²) in [7, 11) is -4.47. The molecule has 0 heterocycles. The third kappa shape index (κ3) is 12.9. The molecule has 0 aromatic heterocycles. The van der Waals surface area contributed by atoms with Crippen molar-refractivity contribution in [3.8, 4) is 134 Å². The molecule has 0 saturated heterocycles. The van der Waals surface area contributed by atoms with Crippen molar-refractivity contribution < 1.29 is 57.7 Å². The number of rotatable bonds is 16. The van der Waals surface area contributed by atoms with Crippen molar-refractivity contribution in [3.63, 3.8) is 0 Å². The van der Waals surface area contributed by atoms with E-state index in [4.69, 9.17) is 0 Å². The Morgan fingerprint density at radius 2 is 0.375 bits per heavy atom. The fourth-order valence-electron chi connectivity index (χ4n) is 16.5. The van der Waals surface area contributed by atoms with E-state index in [1.807, 2.05) is 0 Å². The van der Waals surface area contributed by atoms with Gasteiger partial charge < -0.3 is 37.2 Å². The quantitative estimate of drug-likeness (QED) is 0.0668. The van der Waals surface area contributed by atoms with E-state index in [0.717, 1.165) is 66.8 Å². The first-order chi connectivity index (χ1) is 49.7. The molecule has 15 aromatic carbocycles. The molecule has 104 heavy (non-hydrogen) atoms. The molecular weight excluding hydrogens is 1370 g/mol. The Bertz CT molecular complexity index is 5040. The molecule has 15 aromatic rings. The molecule has 1 atom stereocenters. The van der Waals surface area contributed by atoms with Crippen LogP contribution in [0.3, 0.4) is 0 Å². The maximum absolute atomic E-state index is 4.47. The van der Waals surface area contributed by atoms with Gasteiger partial charge in [-0.25, -0.2) is 0 Å². The molecular formula is C99H75Cl3SiTi. The summed E-state index contributed by atoms with van der Waals surface area (Å²) in [6.45, 7) is 9.93. The van der Waals surface area contributed by atoms with Crippen LogP contribution in [0, 0.1) is 0 Å². The summed E-state index contributed by atoms with van der Waals surface area (Å²) < 4.78 is -0.565. The van der Waals surface area contributed by atoms with Crippen molar-refractivity contribution in [3.05, 3.63) is 404 Å². The monoisotopic (exact) mass is 1440 g/mol. The fraction of sp³-hybridized carbons (Fsp3) is 0.0505. The molecule has 16 rings (SSSR count). The van der Waals surface area contributed by atoms with Crippen LogP contribution in [0.25, 0.3) is 134 Å². The van der Waals surface area contributed by atoms with Crippen LogP contribution in [-0.2, 0) is 20.4 Å². The fourth-order valence-corrected chi connectivity index (χ4v) is 24.3. The molecule has 0 amide bonds. The van der Waals surface area contributed by atoms with E-state index < -0.39 is 11.8 Å². The molecule has 1 unspecified atom stereocenters. The Morgan fingerprint density at radius 1 is 0.212 bits per heavy atom. The van der Waals surface area contributed by atoms with Crippen molar-refractivity contribution in [2.24, 2.45) is 0 Å². The van der Waals surface area contributed by atoms with Crippen molar-refractivity contribution in [2.45, 2.75) is 31.4 Å². The predicted octanol–water partition coefficient (Wildman–Crippen LogP) is 16.1. The molecule has 0 fully saturated rings. The van der Waals surface area contributed by atoms with Crippen LogP contribution in [0.2, 0.25) is 3.72 Å². The molecule has 5 heteroatoms. The second-order valence-corrected chi connectivity index (χ2v) is 32.0. The number of benzene rings is 15. The van der Waals surface area contributed by atoms with Crippen LogP contribution in [0.15, 0.2) is 404 Å². The molecule has 0 N–H and O–H groups in total. The Balaban J connectivity index is 0.00000320. The van der Waals surface area contributed by atoms with E-state index in [9.17, 15) is 0 Å². The average Bonchev–Trinajstić information content (AvgIpc) is 1.19. The summed E-state index contributed by atoms with van der Waals surface area (Å²) >= 11 is 2.57. The van der Waals surface area contributed by atoms with Crippen LogP contribution in [0.1, 0.15) is 27.7 Å². The second-order valence-electron chi connectivity index (χ2n) is 26.8. The first kappa shape index (κ1) is 72.0. The first-order valence-corrected chi connectivity index (χ1v) is 37.9. The molecule has 0 aliphatic heterocycles. The smallest absolute Gasteiger partial charge is 1.00 e. The van der Waals surface area contributed by atoms with E-state index >= 15 is 0 Å². The van der Waals surface area contributed by atoms with Crippen molar-refractivity contribution in [2.75, 3.05) is 0 Å². The van der Waals surface area contributed by atoms with E-state index in [-0.39, 0.29) is 37.2 Å². The van der Waals surface area contributed by atoms with Crippen molar-refractivity contribution in [1.82, 2.24) is 0 Å². The van der Waals surface area contributed by atoms with Crippen LogP contribution in [0.5, 0.6) is 0 Å². The van der Waals surface area contributed by atoms with Gasteiger partial charge in [-0.05, 0) is 0 Å². The third-order valence-electron chi connectivity index (χ3n) is 21.1. The maximum atomic E-state index is 2.76. The number of hydrogen-bond acceptors (Lipinski definition) is 0. The Hall–Kier alpha value is -10.4. The maximum Gasteiger partial charge on any atom is -1.00 e. The van der Waals surface area contributed by atoms with Gasteiger partial charge in [-0.3, -0.25) is 0 Å². The minimum Gasteiger partial charge on any atom is -1.00 e. The van der Waals surface area contributed by atoms with Gasteiger partial charge in [0.25, 0.3) is 0 Å². The SMILES string of the molecule is CC1=C(C)[C](C)([Ti+3])C([Si](c2cc(-c3ccccc3)c(-c3ccccc3)c(-c3ccccc3)c2-c2ccccc2)(c2cc(-c3ccccc3)c(-c3ccccc3)c(-c3ccccc3)c2-c2ccccc2)c2cc(-c3ccccc3)c(-c3ccccc3)c(-c3ccccc3)c2-c2ccccc2)=C1C.[Cl-].[Cl-].[Cl-]. The van der Waals surface area contributed by atoms with E-state index in [1.54, 1.807) is 0 Å². The van der Waals surface area contributed by atoms with Gasteiger partial charge in [-0.15, -0.1) is 0 Å². The number of hydrogen-bond donors (Lipinski definition) is 0. The summed E-state index contributed by atoms with van der Waals surface area (Å²) in [6, 6.07) is 145. The standard InChI is InChI=1S/C99H75Si.3ClH.Ti/c1-68-69(2)71(4)99(70(68)3)100(87-65-84(72-41-17-5-18-42-72)90(75-47-23-8-24-48-75)96(81-59-35-14-36-60-81)93(87)78-53-29-11-30-54-78,88-66-85(73-43-19-6-20-44-73)91(76-49-25-9-26-50-76)97(82-61-37-15-38-62-82)94(88)79-55-31-12-32-56-79)89-67-86(74-45-21-7-22-46-74)92(77-51-27-10-28-52-77)98(83-63-39-16-40-64-83)95(89)80-57-33-13-34-58-80;;;;/h5-67H,1-4H3;3*1H;/q;;;;+3/p-3. The summed E-state index contributed by atoms with van der Waals surface area (Å²) in [6.07, 6.45) is 0. The van der Waals surface area contributed by atoms with Gasteiger partial charge in [0, 0.05) is 0 Å². The molecule has 1 aliphatic rings. The molecule has 1 aliphatic carbocycles. The van der Waals surface area contributed by atoms with Gasteiger partial charge in [-0.1, -0.05) is 0 Å². The summed E-state index contributed by atoms with van der Waals surface area (Å²) in [5.41, 5.74) is 32.0. The number of allylic oxidation sites excluding steroid dienone is 4. The van der Waals surface area contributed by atoms with E-state index in [0.29, 0.717) is 0 Å². The Morgan fingerprint density at radius 3 is 0.548 bits per heavy atom. The van der Waals surface area contributed by atoms with Gasteiger partial charge in [0.2, 0.25) is 0 Å². The molecule has 0 nitrogen and oxygen atoms in total. The molecule has 0 bridgehead atoms. The minimum absolute atomic E-state index is 0. The van der Waals surface area contributed by atoms with Gasteiger partial charge in [0.15, 0.2) is 0 Å². The second kappa shape index (κ2) is 31.3. The summed E-state index contributed by atoms with van der Waals surface area (Å²) in [4.78, 5) is 0. The van der Waals surface area contributed by atoms with Gasteiger partial charge >= 0.3 is 613 Å². The van der Waals surface area contributed by atoms with Gasteiger partial charge in [0.05, 0.1) is 0 Å². The molecule has 0 radical (unpaired) electrons. The van der Waals surface area contributed by atoms with Crippen LogP contribution in [-0.4, -0.2) is 8.07 Å². The molecule has 500 valence electrons. The Labute approximate surface area is 644 Å². The zero-order valence-corrected chi connectivity index (χ0v) is 63.3. The topological polar surface area (TPSA) is 0 Å². The Kier molecular flexibility index (Phi) is 21.6. The normalized spacial score (nSPS) is 13.4. The molecule has 0 saturated carbocycles.